The molecule has 0 saturated carbocycles. The summed E-state index contributed by atoms with van der Waals surface area (Å²) in [5, 5.41) is 0. The van der Waals surface area contributed by atoms with E-state index < -0.39 is 0 Å². The van der Waals surface area contributed by atoms with Gasteiger partial charge in [-0.15, -0.1) is 0 Å². The van der Waals surface area contributed by atoms with Crippen molar-refractivity contribution in [3.63, 3.8) is 0 Å². The second-order valence-electron chi connectivity index (χ2n) is 11.6. The van der Waals surface area contributed by atoms with Crippen molar-refractivity contribution in [3.05, 3.63) is 64.9 Å². The molecule has 40 heavy (non-hydrogen) atoms. The van der Waals surface area contributed by atoms with Crippen LogP contribution in [0, 0.1) is 6.57 Å². The van der Waals surface area contributed by atoms with Crippen LogP contribution in [0.3, 0.4) is 0 Å². The predicted octanol–water partition coefficient (Wildman–Crippen LogP) is 2.30. The molecule has 4 aliphatic rings. The van der Waals surface area contributed by atoms with Crippen LogP contribution in [0.15, 0.2) is 31.0 Å². The molecule has 3 atom stereocenters. The van der Waals surface area contributed by atoms with E-state index in [4.69, 9.17) is 21.3 Å². The lowest BCUT2D eigenvalue weighted by Gasteiger charge is -2.45. The van der Waals surface area contributed by atoms with Crippen molar-refractivity contribution in [2.75, 3.05) is 58.3 Å². The third-order valence-electron chi connectivity index (χ3n) is 9.42. The fourth-order valence-electron chi connectivity index (χ4n) is 7.11. The topological polar surface area (TPSA) is 82.3 Å². The van der Waals surface area contributed by atoms with Crippen molar-refractivity contribution >= 4 is 11.7 Å². The summed E-state index contributed by atoms with van der Waals surface area (Å²) < 4.78 is 6.31. The molecule has 0 radical (unpaired) electrons. The lowest BCUT2D eigenvalue weighted by molar-refractivity contribution is -0.128. The summed E-state index contributed by atoms with van der Waals surface area (Å²) in [4.78, 5) is 39.7. The summed E-state index contributed by atoms with van der Waals surface area (Å²) in [5.74, 6) is 0.740. The van der Waals surface area contributed by atoms with Gasteiger partial charge in [-0.25, -0.2) is 6.57 Å². The number of likely N-dealkylation sites (tertiary alicyclic amines) is 1. The van der Waals surface area contributed by atoms with Crippen LogP contribution in [0.4, 0.5) is 5.82 Å². The molecule has 2 aromatic heterocycles. The van der Waals surface area contributed by atoms with Gasteiger partial charge in [0.25, 0.3) is 0 Å². The van der Waals surface area contributed by atoms with Crippen molar-refractivity contribution in [2.45, 2.75) is 56.3 Å². The molecule has 1 aliphatic carbocycles. The molecule has 2 aromatic rings. The van der Waals surface area contributed by atoms with Crippen molar-refractivity contribution in [2.24, 2.45) is 0 Å². The maximum absolute atomic E-state index is 12.5. The number of anilines is 1. The Morgan fingerprint density at radius 1 is 1.25 bits per heavy atom. The summed E-state index contributed by atoms with van der Waals surface area (Å²) in [6.45, 7) is 15.5. The number of aromatic nitrogens is 3. The van der Waals surface area contributed by atoms with Gasteiger partial charge in [-0.05, 0) is 64.0 Å². The van der Waals surface area contributed by atoms with Crippen LogP contribution >= 0.6 is 0 Å². The number of ether oxygens (including phenoxy) is 1. The number of rotatable bonds is 6. The third-order valence-corrected chi connectivity index (χ3v) is 9.42. The van der Waals surface area contributed by atoms with Gasteiger partial charge in [0.15, 0.2) is 0 Å². The lowest BCUT2D eigenvalue weighted by Crippen LogP contribution is -2.56. The van der Waals surface area contributed by atoms with Crippen LogP contribution in [0.25, 0.3) is 4.85 Å². The highest BCUT2D eigenvalue weighted by Crippen LogP contribution is 2.47. The summed E-state index contributed by atoms with van der Waals surface area (Å²) in [7, 11) is 4.34. The maximum Gasteiger partial charge on any atom is 0.318 e. The molecule has 210 valence electrons. The summed E-state index contributed by atoms with van der Waals surface area (Å²) in [6, 6.07) is 4.82. The summed E-state index contributed by atoms with van der Waals surface area (Å²) >= 11 is 0. The van der Waals surface area contributed by atoms with Gasteiger partial charge >= 0.3 is 6.01 Å². The van der Waals surface area contributed by atoms with Gasteiger partial charge in [0.2, 0.25) is 12.5 Å². The molecule has 0 aromatic carbocycles. The second-order valence-corrected chi connectivity index (χ2v) is 11.6. The molecule has 10 heteroatoms. The number of hydrogen-bond acceptors (Lipinski definition) is 8. The zero-order valence-corrected chi connectivity index (χ0v) is 23.6. The minimum atomic E-state index is -0.223. The number of hydrogen-bond donors (Lipinski definition) is 0. The Labute approximate surface area is 236 Å². The standard InChI is InChI=1S/C30H38N8O2/c1-5-27(39)38-15-14-37(18-22(38)17-31-2)28-23-19-36(4)30(11-10-25-24(30)9-6-12-32-25)16-26(23)33-29(34-28)40-20-21-8-7-13-35(21)3/h5-6,9,12,21-22H,1,7-8,10-11,13-20H2,3-4H3/t21-,22-,30?/m0/s1. The Morgan fingerprint density at radius 3 is 2.90 bits per heavy atom. The minimum Gasteiger partial charge on any atom is -0.462 e. The first-order chi connectivity index (χ1) is 19.4. The average molecular weight is 543 g/mol. The molecular weight excluding hydrogens is 504 g/mol. The number of carbonyl (C=O) groups excluding carboxylic acids is 1. The molecule has 2 saturated heterocycles. The van der Waals surface area contributed by atoms with Crippen LogP contribution in [0.1, 0.15) is 41.8 Å². The van der Waals surface area contributed by atoms with E-state index >= 15 is 0 Å². The third kappa shape index (κ3) is 4.61. The number of fused-ring (bicyclic) bond motifs is 3. The number of nitrogens with zero attached hydrogens (tertiary/aromatic N) is 8. The zero-order valence-electron chi connectivity index (χ0n) is 23.6. The van der Waals surface area contributed by atoms with Gasteiger partial charge in [-0.1, -0.05) is 12.6 Å². The normalized spacial score (nSPS) is 26.4. The van der Waals surface area contributed by atoms with E-state index in [1.807, 2.05) is 12.3 Å². The molecule has 2 fully saturated rings. The summed E-state index contributed by atoms with van der Waals surface area (Å²) in [5.41, 5.74) is 4.47. The average Bonchev–Trinajstić information content (AvgIpc) is 3.55. The highest BCUT2D eigenvalue weighted by molar-refractivity contribution is 5.87. The first-order valence-electron chi connectivity index (χ1n) is 14.3. The maximum atomic E-state index is 12.5. The highest BCUT2D eigenvalue weighted by Gasteiger charge is 2.47. The molecule has 5 heterocycles. The van der Waals surface area contributed by atoms with E-state index in [0.29, 0.717) is 44.8 Å². The number of piperazine rings is 1. The Hall–Kier alpha value is -3.55. The molecule has 1 unspecified atom stereocenters. The minimum absolute atomic E-state index is 0.127. The quantitative estimate of drug-likeness (QED) is 0.406. The van der Waals surface area contributed by atoms with Gasteiger partial charge in [-0.2, -0.15) is 9.97 Å². The number of likely N-dealkylation sites (N-methyl/N-ethyl adjacent to an activating group) is 2. The van der Waals surface area contributed by atoms with E-state index in [0.717, 1.165) is 49.3 Å². The van der Waals surface area contributed by atoms with Crippen LogP contribution < -0.4 is 9.64 Å². The van der Waals surface area contributed by atoms with Crippen LogP contribution in [-0.2, 0) is 29.7 Å². The Kier molecular flexibility index (Phi) is 7.19. The lowest BCUT2D eigenvalue weighted by atomic mass is 9.81. The number of carbonyl (C=O) groups is 1. The van der Waals surface area contributed by atoms with Crippen LogP contribution in [0.2, 0.25) is 0 Å². The summed E-state index contributed by atoms with van der Waals surface area (Å²) in [6.07, 6.45) is 8.26. The van der Waals surface area contributed by atoms with E-state index in [1.165, 1.54) is 23.8 Å². The molecule has 0 N–H and O–H groups in total. The number of pyridine rings is 1. The molecule has 1 amide bonds. The van der Waals surface area contributed by atoms with Gasteiger partial charge in [-0.3, -0.25) is 14.7 Å². The first kappa shape index (κ1) is 26.7. The van der Waals surface area contributed by atoms with E-state index in [9.17, 15) is 4.79 Å². The zero-order chi connectivity index (χ0) is 27.9. The number of amides is 1. The van der Waals surface area contributed by atoms with Crippen molar-refractivity contribution in [1.29, 1.82) is 0 Å². The van der Waals surface area contributed by atoms with Crippen molar-refractivity contribution in [1.82, 2.24) is 29.7 Å². The van der Waals surface area contributed by atoms with Crippen molar-refractivity contribution < 1.29 is 9.53 Å². The second kappa shape index (κ2) is 10.8. The molecular formula is C30H38N8O2. The molecule has 10 nitrogen and oxygen atoms in total. The van der Waals surface area contributed by atoms with E-state index in [-0.39, 0.29) is 24.0 Å². The van der Waals surface area contributed by atoms with Gasteiger partial charge < -0.3 is 24.3 Å². The van der Waals surface area contributed by atoms with Gasteiger partial charge in [0, 0.05) is 56.1 Å². The Bertz CT molecular complexity index is 1340. The van der Waals surface area contributed by atoms with E-state index in [2.05, 4.69) is 51.3 Å². The molecule has 3 aliphatic heterocycles. The molecule has 0 bridgehead atoms. The monoisotopic (exact) mass is 542 g/mol. The largest absolute Gasteiger partial charge is 0.462 e. The Morgan fingerprint density at radius 2 is 2.12 bits per heavy atom. The van der Waals surface area contributed by atoms with Crippen LogP contribution in [0.5, 0.6) is 6.01 Å². The van der Waals surface area contributed by atoms with Gasteiger partial charge in [0.05, 0.1) is 11.2 Å². The first-order valence-corrected chi connectivity index (χ1v) is 14.3. The predicted molar refractivity (Wildman–Crippen MR) is 152 cm³/mol. The fraction of sp³-hybridized carbons (Fsp3) is 0.567. The van der Waals surface area contributed by atoms with E-state index in [1.54, 1.807) is 4.90 Å². The van der Waals surface area contributed by atoms with Crippen LogP contribution in [-0.4, -0.2) is 101 Å². The number of aryl methyl sites for hydroxylation is 1. The highest BCUT2D eigenvalue weighted by atomic mass is 16.5. The Balaban J connectivity index is 1.36. The van der Waals surface area contributed by atoms with Gasteiger partial charge in [0.1, 0.15) is 18.5 Å². The SMILES string of the molecule is [C-]#[N+]C[C@H]1CN(c2nc(OC[C@@H]3CCCN3C)nc3c2CN(C)C2(CCc4ncccc42)C3)CCN1C(=O)C=C. The smallest absolute Gasteiger partial charge is 0.318 e. The molecule has 1 spiro atoms. The van der Waals surface area contributed by atoms with Crippen molar-refractivity contribution in [3.8, 4) is 6.01 Å². The molecule has 6 rings (SSSR count). The fourth-order valence-corrected chi connectivity index (χ4v) is 7.11.